The van der Waals surface area contributed by atoms with Crippen molar-refractivity contribution in [2.75, 3.05) is 19.6 Å². The fraction of sp³-hybridized carbons (Fsp3) is 0.421. The van der Waals surface area contributed by atoms with Crippen molar-refractivity contribution in [3.05, 3.63) is 64.6 Å². The first-order valence-corrected chi connectivity index (χ1v) is 8.33. The van der Waals surface area contributed by atoms with Crippen LogP contribution in [0.2, 0.25) is 0 Å². The summed E-state index contributed by atoms with van der Waals surface area (Å²) in [6.07, 6.45) is 2.80. The molecule has 2 aromatic rings. The van der Waals surface area contributed by atoms with Crippen molar-refractivity contribution < 1.29 is 4.74 Å². The maximum atomic E-state index is 12.4. The van der Waals surface area contributed by atoms with E-state index in [-0.39, 0.29) is 5.56 Å². The number of aromatic nitrogens is 1. The van der Waals surface area contributed by atoms with E-state index in [1.54, 1.807) is 10.6 Å². The van der Waals surface area contributed by atoms with Crippen LogP contribution in [0.5, 0.6) is 5.75 Å². The second kappa shape index (κ2) is 9.16. The summed E-state index contributed by atoms with van der Waals surface area (Å²) >= 11 is 0. The zero-order chi connectivity index (χ0) is 16.5. The van der Waals surface area contributed by atoms with E-state index < -0.39 is 0 Å². The Balaban J connectivity index is 1.94. The van der Waals surface area contributed by atoms with Gasteiger partial charge in [-0.05, 0) is 43.8 Å². The molecule has 0 aliphatic heterocycles. The number of ether oxygens (including phenoxy) is 1. The monoisotopic (exact) mass is 314 g/mol. The highest BCUT2D eigenvalue weighted by molar-refractivity contribution is 5.19. The van der Waals surface area contributed by atoms with Crippen LogP contribution in [0.4, 0.5) is 0 Å². The van der Waals surface area contributed by atoms with E-state index in [2.05, 4.69) is 18.7 Å². The lowest BCUT2D eigenvalue weighted by Crippen LogP contribution is -2.27. The number of pyridine rings is 1. The molecular weight excluding hydrogens is 288 g/mol. The summed E-state index contributed by atoms with van der Waals surface area (Å²) in [7, 11) is 0. The van der Waals surface area contributed by atoms with Gasteiger partial charge in [-0.1, -0.05) is 44.2 Å². The van der Waals surface area contributed by atoms with Crippen LogP contribution in [0.3, 0.4) is 0 Å². The lowest BCUT2D eigenvalue weighted by Gasteiger charge is -2.18. The van der Waals surface area contributed by atoms with Gasteiger partial charge in [-0.15, -0.1) is 0 Å². The van der Waals surface area contributed by atoms with E-state index in [4.69, 9.17) is 4.74 Å². The van der Waals surface area contributed by atoms with Crippen molar-refractivity contribution in [2.45, 2.75) is 33.4 Å². The Kier molecular flexibility index (Phi) is 6.88. The number of hydrogen-bond acceptors (Lipinski definition) is 3. The minimum absolute atomic E-state index is 0.0528. The van der Waals surface area contributed by atoms with Gasteiger partial charge < -0.3 is 14.2 Å². The molecule has 1 aromatic heterocycles. The zero-order valence-corrected chi connectivity index (χ0v) is 14.1. The van der Waals surface area contributed by atoms with Crippen LogP contribution in [0, 0.1) is 0 Å². The molecule has 4 nitrogen and oxygen atoms in total. The Bertz CT molecular complexity index is 633. The highest BCUT2D eigenvalue weighted by atomic mass is 16.5. The molecule has 0 aliphatic rings. The maximum absolute atomic E-state index is 12.4. The summed E-state index contributed by atoms with van der Waals surface area (Å²) in [5.74, 6) is 0.416. The van der Waals surface area contributed by atoms with Gasteiger partial charge >= 0.3 is 0 Å². The molecule has 0 amide bonds. The van der Waals surface area contributed by atoms with Gasteiger partial charge in [0, 0.05) is 12.7 Å². The van der Waals surface area contributed by atoms with E-state index in [1.807, 2.05) is 42.6 Å². The van der Waals surface area contributed by atoms with Gasteiger partial charge in [0.25, 0.3) is 5.56 Å². The molecule has 124 valence electrons. The minimum Gasteiger partial charge on any atom is -0.483 e. The second-order valence-corrected chi connectivity index (χ2v) is 5.53. The summed E-state index contributed by atoms with van der Waals surface area (Å²) in [6.45, 7) is 8.56. The summed E-state index contributed by atoms with van der Waals surface area (Å²) in [5.41, 5.74) is 1.01. The van der Waals surface area contributed by atoms with Gasteiger partial charge in [0.2, 0.25) is 0 Å². The average Bonchev–Trinajstić information content (AvgIpc) is 2.60. The first-order chi connectivity index (χ1) is 11.2. The Hall–Kier alpha value is -2.07. The quantitative estimate of drug-likeness (QED) is 0.713. The van der Waals surface area contributed by atoms with Gasteiger partial charge in [0.15, 0.2) is 5.75 Å². The van der Waals surface area contributed by atoms with Crippen LogP contribution in [0.25, 0.3) is 0 Å². The highest BCUT2D eigenvalue weighted by Gasteiger charge is 2.05. The lowest BCUT2D eigenvalue weighted by molar-refractivity contribution is 0.287. The summed E-state index contributed by atoms with van der Waals surface area (Å²) in [5, 5.41) is 0. The first-order valence-electron chi connectivity index (χ1n) is 8.33. The van der Waals surface area contributed by atoms with Gasteiger partial charge in [0.1, 0.15) is 6.61 Å². The van der Waals surface area contributed by atoms with Crippen LogP contribution in [-0.2, 0) is 13.2 Å². The summed E-state index contributed by atoms with van der Waals surface area (Å²) in [6, 6.07) is 13.5. The molecule has 0 spiro atoms. The van der Waals surface area contributed by atoms with Crippen molar-refractivity contribution >= 4 is 0 Å². The third-order valence-corrected chi connectivity index (χ3v) is 3.99. The molecule has 23 heavy (non-hydrogen) atoms. The molecule has 1 heterocycles. The predicted molar refractivity (Wildman–Crippen MR) is 93.9 cm³/mol. The SMILES string of the molecule is CCN(CC)CCCn1cccc(OCc2ccccc2)c1=O. The summed E-state index contributed by atoms with van der Waals surface area (Å²) in [4.78, 5) is 14.8. The van der Waals surface area contributed by atoms with Crippen molar-refractivity contribution in [2.24, 2.45) is 0 Å². The van der Waals surface area contributed by atoms with E-state index >= 15 is 0 Å². The molecule has 0 radical (unpaired) electrons. The Morgan fingerprint density at radius 1 is 1.04 bits per heavy atom. The Labute approximate surface area is 138 Å². The maximum Gasteiger partial charge on any atom is 0.292 e. The second-order valence-electron chi connectivity index (χ2n) is 5.53. The smallest absolute Gasteiger partial charge is 0.292 e. The molecular formula is C19H26N2O2. The van der Waals surface area contributed by atoms with Gasteiger partial charge in [0.05, 0.1) is 0 Å². The van der Waals surface area contributed by atoms with Crippen molar-refractivity contribution in [1.29, 1.82) is 0 Å². The topological polar surface area (TPSA) is 34.5 Å². The zero-order valence-electron chi connectivity index (χ0n) is 14.1. The largest absolute Gasteiger partial charge is 0.483 e. The molecule has 2 rings (SSSR count). The van der Waals surface area contributed by atoms with Crippen LogP contribution >= 0.6 is 0 Å². The number of benzene rings is 1. The fourth-order valence-corrected chi connectivity index (χ4v) is 2.54. The third kappa shape index (κ3) is 5.25. The number of rotatable bonds is 9. The van der Waals surface area contributed by atoms with Gasteiger partial charge in [-0.25, -0.2) is 0 Å². The lowest BCUT2D eigenvalue weighted by atomic mass is 10.2. The molecule has 4 heteroatoms. The molecule has 0 fully saturated rings. The molecule has 0 atom stereocenters. The molecule has 0 saturated heterocycles. The Morgan fingerprint density at radius 2 is 1.78 bits per heavy atom. The van der Waals surface area contributed by atoms with Crippen molar-refractivity contribution in [3.8, 4) is 5.75 Å². The normalized spacial score (nSPS) is 10.9. The van der Waals surface area contributed by atoms with Crippen molar-refractivity contribution in [3.63, 3.8) is 0 Å². The minimum atomic E-state index is -0.0528. The number of aryl methyl sites for hydroxylation is 1. The number of hydrogen-bond donors (Lipinski definition) is 0. The van der Waals surface area contributed by atoms with Crippen LogP contribution in [0.15, 0.2) is 53.5 Å². The van der Waals surface area contributed by atoms with Crippen LogP contribution in [0.1, 0.15) is 25.8 Å². The van der Waals surface area contributed by atoms with Gasteiger partial charge in [-0.2, -0.15) is 0 Å². The van der Waals surface area contributed by atoms with Crippen molar-refractivity contribution in [1.82, 2.24) is 9.47 Å². The fourth-order valence-electron chi connectivity index (χ4n) is 2.54. The highest BCUT2D eigenvalue weighted by Crippen LogP contribution is 2.07. The van der Waals surface area contributed by atoms with E-state index in [1.165, 1.54) is 0 Å². The van der Waals surface area contributed by atoms with E-state index in [0.717, 1.165) is 38.2 Å². The van der Waals surface area contributed by atoms with Crippen LogP contribution in [-0.4, -0.2) is 29.1 Å². The van der Waals surface area contributed by atoms with E-state index in [0.29, 0.717) is 12.4 Å². The molecule has 0 aliphatic carbocycles. The first kappa shape index (κ1) is 17.3. The standard InChI is InChI=1S/C19H26N2O2/c1-3-20(4-2)13-9-15-21-14-8-12-18(19(21)22)23-16-17-10-6-5-7-11-17/h5-8,10-12,14H,3-4,9,13,15-16H2,1-2H3. The number of nitrogens with zero attached hydrogens (tertiary/aromatic N) is 2. The molecule has 0 bridgehead atoms. The molecule has 0 unspecified atom stereocenters. The third-order valence-electron chi connectivity index (χ3n) is 3.99. The van der Waals surface area contributed by atoms with Crippen LogP contribution < -0.4 is 10.3 Å². The summed E-state index contributed by atoms with van der Waals surface area (Å²) < 4.78 is 7.43. The molecule has 0 N–H and O–H groups in total. The molecule has 1 aromatic carbocycles. The average molecular weight is 314 g/mol. The van der Waals surface area contributed by atoms with E-state index in [9.17, 15) is 4.79 Å². The predicted octanol–water partition coefficient (Wildman–Crippen LogP) is 3.16. The Morgan fingerprint density at radius 3 is 2.48 bits per heavy atom. The molecule has 0 saturated carbocycles. The van der Waals surface area contributed by atoms with Gasteiger partial charge in [-0.3, -0.25) is 4.79 Å².